The van der Waals surface area contributed by atoms with Crippen molar-refractivity contribution in [3.05, 3.63) is 0 Å². The van der Waals surface area contributed by atoms with Crippen molar-refractivity contribution in [3.8, 4) is 0 Å². The van der Waals surface area contributed by atoms with Crippen molar-refractivity contribution >= 4 is 5.91 Å². The zero-order valence-corrected chi connectivity index (χ0v) is 9.96. The third kappa shape index (κ3) is 6.05. The Bertz CT molecular complexity index is 194. The topological polar surface area (TPSA) is 59.6 Å². The molecule has 0 aromatic rings. The van der Waals surface area contributed by atoms with E-state index in [-0.39, 0.29) is 12.5 Å². The Labute approximate surface area is 96.9 Å². The summed E-state index contributed by atoms with van der Waals surface area (Å²) in [7, 11) is 0. The van der Waals surface area contributed by atoms with Crippen LogP contribution in [0.4, 0.5) is 0 Å². The number of carbonyl (C=O) groups is 1. The molecule has 1 amide bonds. The number of nitrogens with one attached hydrogen (secondary N) is 2. The van der Waals surface area contributed by atoms with Crippen LogP contribution in [-0.2, 0) is 14.3 Å². The van der Waals surface area contributed by atoms with Gasteiger partial charge in [-0.15, -0.1) is 0 Å². The van der Waals surface area contributed by atoms with Crippen LogP contribution in [0.2, 0.25) is 0 Å². The molecule has 1 saturated heterocycles. The van der Waals surface area contributed by atoms with E-state index in [9.17, 15) is 4.79 Å². The van der Waals surface area contributed by atoms with Gasteiger partial charge < -0.3 is 20.1 Å². The van der Waals surface area contributed by atoms with Gasteiger partial charge in [0, 0.05) is 13.2 Å². The first-order chi connectivity index (χ1) is 7.83. The van der Waals surface area contributed by atoms with Crippen LogP contribution >= 0.6 is 0 Å². The zero-order chi connectivity index (χ0) is 11.6. The van der Waals surface area contributed by atoms with Gasteiger partial charge in [0.05, 0.1) is 12.7 Å². The molecule has 0 aromatic carbocycles. The summed E-state index contributed by atoms with van der Waals surface area (Å²) in [6.45, 7) is 5.79. The minimum absolute atomic E-state index is 0.0734. The fraction of sp³-hybridized carbons (Fsp3) is 0.909. The predicted molar refractivity (Wildman–Crippen MR) is 61.3 cm³/mol. The standard InChI is InChI=1S/C11H22N2O3/c1-2-15-9-11(14)13-7-8-16-10-3-5-12-6-4-10/h10,12H,2-9H2,1H3,(H,13,14). The van der Waals surface area contributed by atoms with Crippen molar-refractivity contribution in [2.24, 2.45) is 0 Å². The highest BCUT2D eigenvalue weighted by atomic mass is 16.5. The second-order valence-electron chi connectivity index (χ2n) is 3.81. The van der Waals surface area contributed by atoms with E-state index in [1.165, 1.54) is 0 Å². The molecule has 5 nitrogen and oxygen atoms in total. The summed E-state index contributed by atoms with van der Waals surface area (Å²) < 4.78 is 10.6. The van der Waals surface area contributed by atoms with E-state index in [1.807, 2.05) is 6.92 Å². The number of ether oxygens (including phenoxy) is 2. The van der Waals surface area contributed by atoms with Crippen LogP contribution < -0.4 is 10.6 Å². The van der Waals surface area contributed by atoms with E-state index >= 15 is 0 Å². The number of piperidine rings is 1. The van der Waals surface area contributed by atoms with Gasteiger partial charge in [-0.05, 0) is 32.9 Å². The lowest BCUT2D eigenvalue weighted by Crippen LogP contribution is -2.35. The Morgan fingerprint density at radius 3 is 2.88 bits per heavy atom. The normalized spacial score (nSPS) is 17.3. The van der Waals surface area contributed by atoms with Gasteiger partial charge in [0.1, 0.15) is 6.61 Å². The molecular formula is C11H22N2O3. The molecule has 0 aliphatic carbocycles. The van der Waals surface area contributed by atoms with E-state index in [0.29, 0.717) is 25.9 Å². The first kappa shape index (κ1) is 13.4. The van der Waals surface area contributed by atoms with Crippen LogP contribution in [-0.4, -0.2) is 51.5 Å². The highest BCUT2D eigenvalue weighted by Crippen LogP contribution is 2.06. The summed E-state index contributed by atoms with van der Waals surface area (Å²) in [6, 6.07) is 0. The van der Waals surface area contributed by atoms with Gasteiger partial charge in [-0.25, -0.2) is 0 Å². The first-order valence-corrected chi connectivity index (χ1v) is 5.99. The molecule has 0 bridgehead atoms. The maximum Gasteiger partial charge on any atom is 0.246 e. The van der Waals surface area contributed by atoms with Crippen LogP contribution in [0.1, 0.15) is 19.8 Å². The Kier molecular flexibility index (Phi) is 7.12. The molecule has 2 N–H and O–H groups in total. The molecule has 1 heterocycles. The summed E-state index contributed by atoms with van der Waals surface area (Å²) in [5.41, 5.74) is 0. The molecule has 94 valence electrons. The number of carbonyl (C=O) groups excluding carboxylic acids is 1. The van der Waals surface area contributed by atoms with Crippen molar-refractivity contribution < 1.29 is 14.3 Å². The van der Waals surface area contributed by atoms with Gasteiger partial charge in [0.2, 0.25) is 5.91 Å². The molecular weight excluding hydrogens is 208 g/mol. The Morgan fingerprint density at radius 2 is 2.19 bits per heavy atom. The molecule has 1 aliphatic rings. The molecule has 0 atom stereocenters. The summed E-state index contributed by atoms with van der Waals surface area (Å²) >= 11 is 0. The zero-order valence-electron chi connectivity index (χ0n) is 9.96. The fourth-order valence-electron chi connectivity index (χ4n) is 1.62. The lowest BCUT2D eigenvalue weighted by atomic mass is 10.1. The summed E-state index contributed by atoms with van der Waals surface area (Å²) in [5, 5.41) is 6.03. The maximum absolute atomic E-state index is 11.2. The van der Waals surface area contributed by atoms with Crippen molar-refractivity contribution in [3.63, 3.8) is 0 Å². The lowest BCUT2D eigenvalue weighted by Gasteiger charge is -2.22. The third-order valence-corrected chi connectivity index (χ3v) is 2.50. The van der Waals surface area contributed by atoms with Crippen LogP contribution in [0.15, 0.2) is 0 Å². The van der Waals surface area contributed by atoms with E-state index in [1.54, 1.807) is 0 Å². The Hall–Kier alpha value is -0.650. The minimum Gasteiger partial charge on any atom is -0.376 e. The lowest BCUT2D eigenvalue weighted by molar-refractivity contribution is -0.125. The number of hydrogen-bond acceptors (Lipinski definition) is 4. The fourth-order valence-corrected chi connectivity index (χ4v) is 1.62. The average Bonchev–Trinajstić information content (AvgIpc) is 2.33. The molecule has 16 heavy (non-hydrogen) atoms. The maximum atomic E-state index is 11.2. The largest absolute Gasteiger partial charge is 0.376 e. The van der Waals surface area contributed by atoms with E-state index in [4.69, 9.17) is 9.47 Å². The summed E-state index contributed by atoms with van der Waals surface area (Å²) in [6.07, 6.45) is 2.48. The van der Waals surface area contributed by atoms with Crippen LogP contribution in [0.3, 0.4) is 0 Å². The Balaban J connectivity index is 1.92. The molecule has 0 radical (unpaired) electrons. The van der Waals surface area contributed by atoms with Crippen LogP contribution in [0.5, 0.6) is 0 Å². The van der Waals surface area contributed by atoms with Gasteiger partial charge >= 0.3 is 0 Å². The molecule has 1 fully saturated rings. The van der Waals surface area contributed by atoms with E-state index < -0.39 is 0 Å². The summed E-state index contributed by atoms with van der Waals surface area (Å²) in [5.74, 6) is -0.0734. The molecule has 1 aliphatic heterocycles. The molecule has 0 aromatic heterocycles. The quantitative estimate of drug-likeness (QED) is 0.600. The molecule has 5 heteroatoms. The third-order valence-electron chi connectivity index (χ3n) is 2.50. The number of rotatable bonds is 7. The number of amides is 1. The van der Waals surface area contributed by atoms with Crippen LogP contribution in [0, 0.1) is 0 Å². The molecule has 0 spiro atoms. The van der Waals surface area contributed by atoms with Gasteiger partial charge in [0.15, 0.2) is 0 Å². The SMILES string of the molecule is CCOCC(=O)NCCOC1CCNCC1. The number of hydrogen-bond donors (Lipinski definition) is 2. The summed E-state index contributed by atoms with van der Waals surface area (Å²) in [4.78, 5) is 11.2. The highest BCUT2D eigenvalue weighted by Gasteiger charge is 2.12. The van der Waals surface area contributed by atoms with Crippen molar-refractivity contribution in [2.45, 2.75) is 25.9 Å². The predicted octanol–water partition coefficient (Wildman–Crippen LogP) is -0.0923. The smallest absolute Gasteiger partial charge is 0.246 e. The van der Waals surface area contributed by atoms with Crippen molar-refractivity contribution in [2.75, 3.05) is 39.5 Å². The Morgan fingerprint density at radius 1 is 1.44 bits per heavy atom. The van der Waals surface area contributed by atoms with Crippen molar-refractivity contribution in [1.29, 1.82) is 0 Å². The van der Waals surface area contributed by atoms with E-state index in [0.717, 1.165) is 25.9 Å². The monoisotopic (exact) mass is 230 g/mol. The second-order valence-corrected chi connectivity index (χ2v) is 3.81. The van der Waals surface area contributed by atoms with E-state index in [2.05, 4.69) is 10.6 Å². The van der Waals surface area contributed by atoms with Gasteiger partial charge in [-0.2, -0.15) is 0 Å². The van der Waals surface area contributed by atoms with Crippen molar-refractivity contribution in [1.82, 2.24) is 10.6 Å². The second kappa shape index (κ2) is 8.50. The molecule has 1 rings (SSSR count). The minimum atomic E-state index is -0.0734. The van der Waals surface area contributed by atoms with Crippen LogP contribution in [0.25, 0.3) is 0 Å². The molecule has 0 saturated carbocycles. The highest BCUT2D eigenvalue weighted by molar-refractivity contribution is 5.77. The average molecular weight is 230 g/mol. The first-order valence-electron chi connectivity index (χ1n) is 5.99. The van der Waals surface area contributed by atoms with Gasteiger partial charge in [-0.3, -0.25) is 4.79 Å². The van der Waals surface area contributed by atoms with Gasteiger partial charge in [0.25, 0.3) is 0 Å². The molecule has 0 unspecified atom stereocenters. The van der Waals surface area contributed by atoms with Gasteiger partial charge in [-0.1, -0.05) is 0 Å².